The average molecular weight is 220 g/mol. The van der Waals surface area contributed by atoms with Crippen molar-refractivity contribution in [3.63, 3.8) is 0 Å². The molecule has 0 saturated heterocycles. The molecule has 0 bridgehead atoms. The molecule has 0 aromatic heterocycles. The van der Waals surface area contributed by atoms with Gasteiger partial charge in [-0.1, -0.05) is 12.1 Å². The number of carboxylic acid groups (broad SMARTS) is 1. The fraction of sp³-hybridized carbons (Fsp3) is 0.462. The molecule has 1 atom stereocenters. The predicted octanol–water partition coefficient (Wildman–Crippen LogP) is 2.27. The molecule has 0 aliphatic heterocycles. The molecule has 3 nitrogen and oxygen atoms in total. The minimum Gasteiger partial charge on any atom is -0.496 e. The van der Waals surface area contributed by atoms with Crippen LogP contribution in [0.2, 0.25) is 0 Å². The van der Waals surface area contributed by atoms with Crippen LogP contribution in [0.4, 0.5) is 0 Å². The van der Waals surface area contributed by atoms with Gasteiger partial charge in [0.2, 0.25) is 0 Å². The molecule has 3 heteroatoms. The third-order valence-electron chi connectivity index (χ3n) is 3.48. The number of benzene rings is 1. The van der Waals surface area contributed by atoms with Crippen molar-refractivity contribution in [1.82, 2.24) is 0 Å². The summed E-state index contributed by atoms with van der Waals surface area (Å²) in [5.41, 5.74) is 1.63. The van der Waals surface area contributed by atoms with E-state index in [0.29, 0.717) is 12.8 Å². The zero-order valence-corrected chi connectivity index (χ0v) is 9.62. The molecule has 1 aromatic carbocycles. The first-order chi connectivity index (χ1) is 7.57. The lowest BCUT2D eigenvalue weighted by atomic mass is 9.73. The number of methoxy groups -OCH3 is 1. The number of carbonyl (C=O) groups is 1. The molecule has 16 heavy (non-hydrogen) atoms. The Morgan fingerprint density at radius 3 is 2.88 bits per heavy atom. The van der Waals surface area contributed by atoms with Gasteiger partial charge in [0.1, 0.15) is 5.75 Å². The molecule has 0 spiro atoms. The van der Waals surface area contributed by atoms with Crippen LogP contribution in [0.1, 0.15) is 24.5 Å². The van der Waals surface area contributed by atoms with E-state index >= 15 is 0 Å². The number of hydrogen-bond acceptors (Lipinski definition) is 2. The summed E-state index contributed by atoms with van der Waals surface area (Å²) in [6, 6.07) is 5.91. The van der Waals surface area contributed by atoms with Gasteiger partial charge in [-0.2, -0.15) is 0 Å². The van der Waals surface area contributed by atoms with E-state index < -0.39 is 11.4 Å². The Labute approximate surface area is 95.0 Å². The molecule has 1 N–H and O–H groups in total. The lowest BCUT2D eigenvalue weighted by Crippen LogP contribution is -2.34. The fourth-order valence-electron chi connectivity index (χ4n) is 2.31. The van der Waals surface area contributed by atoms with Crippen LogP contribution in [0.15, 0.2) is 18.2 Å². The predicted molar refractivity (Wildman–Crippen MR) is 60.8 cm³/mol. The highest BCUT2D eigenvalue weighted by atomic mass is 16.5. The van der Waals surface area contributed by atoms with Gasteiger partial charge in [0.25, 0.3) is 0 Å². The summed E-state index contributed by atoms with van der Waals surface area (Å²) in [4.78, 5) is 11.2. The summed E-state index contributed by atoms with van der Waals surface area (Å²) in [7, 11) is 1.63. The number of carboxylic acids is 1. The van der Waals surface area contributed by atoms with Crippen LogP contribution in [0, 0.1) is 5.41 Å². The molecule has 0 amide bonds. The van der Waals surface area contributed by atoms with E-state index in [1.165, 1.54) is 5.56 Å². The van der Waals surface area contributed by atoms with Crippen LogP contribution < -0.4 is 4.74 Å². The monoisotopic (exact) mass is 220 g/mol. The van der Waals surface area contributed by atoms with E-state index in [-0.39, 0.29) is 0 Å². The first-order valence-corrected chi connectivity index (χ1v) is 5.45. The summed E-state index contributed by atoms with van der Waals surface area (Å²) in [6.45, 7) is 1.81. The van der Waals surface area contributed by atoms with Crippen molar-refractivity contribution in [1.29, 1.82) is 0 Å². The number of fused-ring (bicyclic) bond motifs is 1. The van der Waals surface area contributed by atoms with Crippen LogP contribution >= 0.6 is 0 Å². The first kappa shape index (κ1) is 11.0. The van der Waals surface area contributed by atoms with Gasteiger partial charge in [0.15, 0.2) is 0 Å². The Bertz CT molecular complexity index is 411. The fourth-order valence-corrected chi connectivity index (χ4v) is 2.31. The maximum atomic E-state index is 11.2. The largest absolute Gasteiger partial charge is 0.496 e. The Morgan fingerprint density at radius 1 is 1.50 bits per heavy atom. The minimum atomic E-state index is -0.718. The van der Waals surface area contributed by atoms with E-state index in [1.807, 2.05) is 19.1 Å². The van der Waals surface area contributed by atoms with Crippen molar-refractivity contribution >= 4 is 5.97 Å². The number of hydrogen-bond donors (Lipinski definition) is 1. The Hall–Kier alpha value is -1.51. The first-order valence-electron chi connectivity index (χ1n) is 5.45. The molecule has 1 aliphatic rings. The van der Waals surface area contributed by atoms with E-state index in [1.54, 1.807) is 7.11 Å². The van der Waals surface area contributed by atoms with Crippen molar-refractivity contribution in [2.45, 2.75) is 26.2 Å². The molecule has 1 aromatic rings. The second-order valence-electron chi connectivity index (χ2n) is 4.64. The Morgan fingerprint density at radius 2 is 2.25 bits per heavy atom. The molecular formula is C13H16O3. The van der Waals surface area contributed by atoms with Crippen LogP contribution in [-0.4, -0.2) is 18.2 Å². The third kappa shape index (κ3) is 1.66. The second kappa shape index (κ2) is 3.81. The van der Waals surface area contributed by atoms with Gasteiger partial charge in [-0.05, 0) is 43.4 Å². The van der Waals surface area contributed by atoms with Gasteiger partial charge >= 0.3 is 5.97 Å². The number of aryl methyl sites for hydroxylation is 1. The van der Waals surface area contributed by atoms with Gasteiger partial charge in [-0.3, -0.25) is 4.79 Å². The molecule has 1 aliphatic carbocycles. The lowest BCUT2D eigenvalue weighted by Gasteiger charge is -2.31. The molecule has 0 saturated carbocycles. The Balaban J connectivity index is 2.42. The van der Waals surface area contributed by atoms with E-state index in [0.717, 1.165) is 17.7 Å². The number of ether oxygens (including phenoxy) is 1. The average Bonchev–Trinajstić information content (AvgIpc) is 2.28. The summed E-state index contributed by atoms with van der Waals surface area (Å²) in [5, 5.41) is 9.25. The van der Waals surface area contributed by atoms with Crippen LogP contribution in [0.3, 0.4) is 0 Å². The highest BCUT2D eigenvalue weighted by molar-refractivity contribution is 5.75. The standard InChI is InChI=1S/C13H16O3/c1-13(12(14)15)7-6-9-4-3-5-11(16-2)10(9)8-13/h3-5H,6-8H2,1-2H3,(H,14,15). The van der Waals surface area contributed by atoms with Gasteiger partial charge in [-0.15, -0.1) is 0 Å². The van der Waals surface area contributed by atoms with Crippen molar-refractivity contribution in [2.24, 2.45) is 5.41 Å². The van der Waals surface area contributed by atoms with Crippen molar-refractivity contribution in [2.75, 3.05) is 7.11 Å². The maximum Gasteiger partial charge on any atom is 0.309 e. The van der Waals surface area contributed by atoms with E-state index in [4.69, 9.17) is 4.74 Å². The van der Waals surface area contributed by atoms with Crippen LogP contribution in [0.25, 0.3) is 0 Å². The van der Waals surface area contributed by atoms with Gasteiger partial charge < -0.3 is 9.84 Å². The summed E-state index contributed by atoms with van der Waals surface area (Å²) < 4.78 is 5.29. The molecule has 0 radical (unpaired) electrons. The van der Waals surface area contributed by atoms with Crippen molar-refractivity contribution < 1.29 is 14.6 Å². The van der Waals surface area contributed by atoms with Crippen LogP contribution in [-0.2, 0) is 17.6 Å². The molecule has 0 heterocycles. The topological polar surface area (TPSA) is 46.5 Å². The van der Waals surface area contributed by atoms with Gasteiger partial charge in [0, 0.05) is 0 Å². The second-order valence-corrected chi connectivity index (χ2v) is 4.64. The van der Waals surface area contributed by atoms with Crippen molar-refractivity contribution in [3.8, 4) is 5.75 Å². The van der Waals surface area contributed by atoms with Crippen LogP contribution in [0.5, 0.6) is 5.75 Å². The van der Waals surface area contributed by atoms with Gasteiger partial charge in [0.05, 0.1) is 12.5 Å². The molecule has 2 rings (SSSR count). The molecule has 0 fully saturated rings. The Kier molecular flexibility index (Phi) is 2.62. The van der Waals surface area contributed by atoms with Crippen molar-refractivity contribution in [3.05, 3.63) is 29.3 Å². The lowest BCUT2D eigenvalue weighted by molar-refractivity contribution is -0.148. The molecular weight excluding hydrogens is 204 g/mol. The van der Waals surface area contributed by atoms with Gasteiger partial charge in [-0.25, -0.2) is 0 Å². The molecule has 86 valence electrons. The van der Waals surface area contributed by atoms with E-state index in [9.17, 15) is 9.90 Å². The highest BCUT2D eigenvalue weighted by Crippen LogP contribution is 2.39. The SMILES string of the molecule is COc1cccc2c1CC(C)(C(=O)O)CC2. The normalized spacial score (nSPS) is 23.6. The maximum absolute atomic E-state index is 11.2. The number of rotatable bonds is 2. The molecule has 1 unspecified atom stereocenters. The van der Waals surface area contributed by atoms with E-state index in [2.05, 4.69) is 6.07 Å². The summed E-state index contributed by atoms with van der Waals surface area (Å²) in [6.07, 6.45) is 2.07. The summed E-state index contributed by atoms with van der Waals surface area (Å²) >= 11 is 0. The number of aliphatic carboxylic acids is 1. The third-order valence-corrected chi connectivity index (χ3v) is 3.48. The zero-order valence-electron chi connectivity index (χ0n) is 9.62. The highest BCUT2D eigenvalue weighted by Gasteiger charge is 2.37. The summed E-state index contributed by atoms with van der Waals surface area (Å²) in [5.74, 6) is 0.0914. The quantitative estimate of drug-likeness (QED) is 0.831. The smallest absolute Gasteiger partial charge is 0.309 e. The zero-order chi connectivity index (χ0) is 11.8. The minimum absolute atomic E-state index is 0.557.